The molecule has 0 saturated carbocycles. The van der Waals surface area contributed by atoms with Gasteiger partial charge in [0, 0.05) is 11.8 Å². The summed E-state index contributed by atoms with van der Waals surface area (Å²) in [6.07, 6.45) is 0.802. The van der Waals surface area contributed by atoms with E-state index in [1.165, 1.54) is 7.11 Å². The number of quaternary nitrogens is 1. The van der Waals surface area contributed by atoms with Crippen LogP contribution in [0.5, 0.6) is 0 Å². The lowest BCUT2D eigenvalue weighted by atomic mass is 10.2. The van der Waals surface area contributed by atoms with Crippen molar-refractivity contribution < 1.29 is 14.0 Å². The highest BCUT2D eigenvalue weighted by Gasteiger charge is 2.31. The number of ether oxygens (including phenoxy) is 1. The molecule has 0 bridgehead atoms. The number of nitrogens with zero attached hydrogens (tertiary/aromatic N) is 1. The number of halogens is 1. The van der Waals surface area contributed by atoms with Gasteiger partial charge in [0.25, 0.3) is 0 Å². The second-order valence-corrected chi connectivity index (χ2v) is 4.43. The molecule has 0 saturated heterocycles. The molecule has 0 heterocycles. The first kappa shape index (κ1) is 11.9. The first-order chi connectivity index (χ1) is 5.43. The van der Waals surface area contributed by atoms with Crippen molar-refractivity contribution in [3.05, 3.63) is 0 Å². The molecule has 0 N–H and O–H groups in total. The van der Waals surface area contributed by atoms with E-state index in [-0.39, 0.29) is 12.0 Å². The second kappa shape index (κ2) is 4.82. The summed E-state index contributed by atoms with van der Waals surface area (Å²) >= 11 is 3.32. The lowest BCUT2D eigenvalue weighted by Crippen LogP contribution is -2.50. The third-order valence-corrected chi connectivity index (χ3v) is 2.25. The van der Waals surface area contributed by atoms with Gasteiger partial charge in [-0.05, 0) is 0 Å². The molecule has 0 aliphatic heterocycles. The summed E-state index contributed by atoms with van der Waals surface area (Å²) in [5.74, 6) is -0.137. The highest BCUT2D eigenvalue weighted by Crippen LogP contribution is 2.10. The molecule has 0 fully saturated rings. The zero-order valence-corrected chi connectivity index (χ0v) is 9.72. The Balaban J connectivity index is 4.33. The maximum Gasteiger partial charge on any atom is 0.364 e. The van der Waals surface area contributed by atoms with E-state index in [2.05, 4.69) is 15.9 Å². The fraction of sp³-hybridized carbons (Fsp3) is 0.875. The van der Waals surface area contributed by atoms with Crippen LogP contribution in [0.1, 0.15) is 6.42 Å². The van der Waals surface area contributed by atoms with Crippen LogP contribution in [-0.2, 0) is 9.53 Å². The summed E-state index contributed by atoms with van der Waals surface area (Å²) < 4.78 is 5.33. The van der Waals surface area contributed by atoms with Gasteiger partial charge in [-0.2, -0.15) is 0 Å². The molecular formula is C8H17BrNO2+. The van der Waals surface area contributed by atoms with Crippen LogP contribution in [0.2, 0.25) is 0 Å². The van der Waals surface area contributed by atoms with Crippen LogP contribution in [0, 0.1) is 0 Å². The van der Waals surface area contributed by atoms with Crippen LogP contribution in [-0.4, -0.2) is 50.1 Å². The molecular weight excluding hydrogens is 222 g/mol. The van der Waals surface area contributed by atoms with E-state index < -0.39 is 0 Å². The van der Waals surface area contributed by atoms with Crippen molar-refractivity contribution in [3.63, 3.8) is 0 Å². The number of alkyl halides is 1. The van der Waals surface area contributed by atoms with Crippen LogP contribution in [0.25, 0.3) is 0 Å². The lowest BCUT2D eigenvalue weighted by Gasteiger charge is -2.31. The first-order valence-corrected chi connectivity index (χ1v) is 5.00. The SMILES string of the molecule is COC(=O)C(CCBr)[N+](C)(C)C. The van der Waals surface area contributed by atoms with Crippen LogP contribution >= 0.6 is 15.9 Å². The molecule has 72 valence electrons. The average molecular weight is 239 g/mol. The highest BCUT2D eigenvalue weighted by atomic mass is 79.9. The van der Waals surface area contributed by atoms with E-state index in [1.807, 2.05) is 21.1 Å². The quantitative estimate of drug-likeness (QED) is 0.416. The summed E-state index contributed by atoms with van der Waals surface area (Å²) in [6.45, 7) is 0. The maximum atomic E-state index is 11.3. The number of rotatable bonds is 4. The molecule has 0 spiro atoms. The number of esters is 1. The Labute approximate surface area is 82.4 Å². The van der Waals surface area contributed by atoms with Gasteiger partial charge in [0.15, 0.2) is 6.04 Å². The van der Waals surface area contributed by atoms with E-state index in [1.54, 1.807) is 0 Å². The van der Waals surface area contributed by atoms with Crippen molar-refractivity contribution >= 4 is 21.9 Å². The van der Waals surface area contributed by atoms with Gasteiger partial charge < -0.3 is 9.22 Å². The molecule has 1 unspecified atom stereocenters. The molecule has 4 heteroatoms. The number of hydrogen-bond donors (Lipinski definition) is 0. The van der Waals surface area contributed by atoms with Gasteiger partial charge in [-0.25, -0.2) is 4.79 Å². The normalized spacial score (nSPS) is 14.1. The number of carbonyl (C=O) groups excluding carboxylic acids is 1. The fourth-order valence-electron chi connectivity index (χ4n) is 1.06. The number of hydrogen-bond acceptors (Lipinski definition) is 2. The molecule has 0 aromatic heterocycles. The van der Waals surface area contributed by atoms with Gasteiger partial charge in [-0.15, -0.1) is 0 Å². The highest BCUT2D eigenvalue weighted by molar-refractivity contribution is 9.09. The van der Waals surface area contributed by atoms with Crippen molar-refractivity contribution in [1.82, 2.24) is 0 Å². The van der Waals surface area contributed by atoms with Crippen LogP contribution in [0.3, 0.4) is 0 Å². The van der Waals surface area contributed by atoms with Crippen LogP contribution in [0.15, 0.2) is 0 Å². The monoisotopic (exact) mass is 238 g/mol. The van der Waals surface area contributed by atoms with Gasteiger partial charge in [0.1, 0.15) is 0 Å². The number of likely N-dealkylation sites (N-methyl/N-ethyl adjacent to an activating group) is 1. The van der Waals surface area contributed by atoms with Crippen molar-refractivity contribution in [2.45, 2.75) is 12.5 Å². The molecule has 1 atom stereocenters. The standard InChI is InChI=1S/C8H17BrNO2/c1-10(2,3)7(5-6-9)8(11)12-4/h7H,5-6H2,1-4H3/q+1. The van der Waals surface area contributed by atoms with E-state index in [4.69, 9.17) is 4.74 Å². The van der Waals surface area contributed by atoms with Gasteiger partial charge in [0.05, 0.1) is 28.3 Å². The molecule has 0 aromatic carbocycles. The Hall–Kier alpha value is -0.0900. The van der Waals surface area contributed by atoms with E-state index in [0.29, 0.717) is 4.48 Å². The lowest BCUT2D eigenvalue weighted by molar-refractivity contribution is -0.887. The minimum absolute atomic E-state index is 0.0747. The minimum atomic E-state index is -0.137. The molecule has 0 aromatic rings. The predicted octanol–water partition coefficient (Wildman–Crippen LogP) is 1.02. The summed E-state index contributed by atoms with van der Waals surface area (Å²) in [5, 5.41) is 0.822. The molecule has 0 aliphatic rings. The summed E-state index contributed by atoms with van der Waals surface area (Å²) in [4.78, 5) is 11.3. The van der Waals surface area contributed by atoms with Crippen molar-refractivity contribution in [2.24, 2.45) is 0 Å². The third kappa shape index (κ3) is 3.54. The Morgan fingerprint density at radius 1 is 1.50 bits per heavy atom. The molecule has 0 rings (SSSR count). The van der Waals surface area contributed by atoms with Crippen molar-refractivity contribution in [3.8, 4) is 0 Å². The van der Waals surface area contributed by atoms with Gasteiger partial charge in [-0.3, -0.25) is 0 Å². The molecule has 0 radical (unpaired) electrons. The minimum Gasteiger partial charge on any atom is -0.465 e. The zero-order valence-electron chi connectivity index (χ0n) is 8.13. The Bertz CT molecular complexity index is 154. The van der Waals surface area contributed by atoms with Gasteiger partial charge in [-0.1, -0.05) is 15.9 Å². The number of carbonyl (C=O) groups is 1. The third-order valence-electron chi connectivity index (χ3n) is 1.79. The molecule has 12 heavy (non-hydrogen) atoms. The van der Waals surface area contributed by atoms with Gasteiger partial charge >= 0.3 is 5.97 Å². The largest absolute Gasteiger partial charge is 0.465 e. The Morgan fingerprint density at radius 2 is 2.00 bits per heavy atom. The van der Waals surface area contributed by atoms with E-state index in [9.17, 15) is 4.79 Å². The average Bonchev–Trinajstić information content (AvgIpc) is 1.96. The van der Waals surface area contributed by atoms with Gasteiger partial charge in [0.2, 0.25) is 0 Å². The Morgan fingerprint density at radius 3 is 2.25 bits per heavy atom. The topological polar surface area (TPSA) is 26.3 Å². The smallest absolute Gasteiger partial charge is 0.364 e. The summed E-state index contributed by atoms with van der Waals surface area (Å²) in [5.41, 5.74) is 0. The zero-order chi connectivity index (χ0) is 9.78. The molecule has 3 nitrogen and oxygen atoms in total. The maximum absolute atomic E-state index is 11.3. The van der Waals surface area contributed by atoms with E-state index in [0.717, 1.165) is 11.8 Å². The fourth-order valence-corrected chi connectivity index (χ4v) is 1.49. The van der Waals surface area contributed by atoms with Crippen LogP contribution in [0.4, 0.5) is 0 Å². The first-order valence-electron chi connectivity index (χ1n) is 3.88. The Kier molecular flexibility index (Phi) is 4.78. The van der Waals surface area contributed by atoms with Crippen molar-refractivity contribution in [2.75, 3.05) is 33.6 Å². The van der Waals surface area contributed by atoms with E-state index >= 15 is 0 Å². The second-order valence-electron chi connectivity index (χ2n) is 3.63. The number of methoxy groups -OCH3 is 1. The van der Waals surface area contributed by atoms with Crippen LogP contribution < -0.4 is 0 Å². The van der Waals surface area contributed by atoms with Crippen molar-refractivity contribution in [1.29, 1.82) is 0 Å². The molecule has 0 aliphatic carbocycles. The summed E-state index contributed by atoms with van der Waals surface area (Å²) in [6, 6.07) is -0.0747. The predicted molar refractivity (Wildman–Crippen MR) is 52.2 cm³/mol. The molecule has 0 amide bonds. The summed E-state index contributed by atoms with van der Waals surface area (Å²) in [7, 11) is 7.40.